The van der Waals surface area contributed by atoms with Crippen LogP contribution in [0.1, 0.15) is 0 Å². The molecule has 0 heteroatoms. The molecule has 148 valence electrons. The highest BCUT2D eigenvalue weighted by atomic mass is 14.2. The molecule has 0 N–H and O–H groups in total. The standard InChI is InChI=1S/C32H20/c1-2-10-22-18-31-29(17-21(22)9-1)26-14-6-4-12-24(26)20-32(31)30-19-23-11-3-5-13-25(23)27-15-7-8-16-28(27)30/h1-20H. The van der Waals surface area contributed by atoms with Gasteiger partial charge in [0.25, 0.3) is 0 Å². The van der Waals surface area contributed by atoms with Crippen molar-refractivity contribution in [2.75, 3.05) is 0 Å². The van der Waals surface area contributed by atoms with Crippen molar-refractivity contribution >= 4 is 53.9 Å². The van der Waals surface area contributed by atoms with E-state index < -0.39 is 0 Å². The van der Waals surface area contributed by atoms with Crippen LogP contribution in [-0.2, 0) is 0 Å². The Morgan fingerprint density at radius 3 is 1.28 bits per heavy atom. The maximum absolute atomic E-state index is 2.38. The van der Waals surface area contributed by atoms with Crippen molar-refractivity contribution < 1.29 is 0 Å². The molecule has 0 radical (unpaired) electrons. The summed E-state index contributed by atoms with van der Waals surface area (Å²) in [4.78, 5) is 0. The van der Waals surface area contributed by atoms with Crippen molar-refractivity contribution in [3.8, 4) is 11.1 Å². The molecule has 0 nitrogen and oxygen atoms in total. The van der Waals surface area contributed by atoms with Crippen LogP contribution in [-0.4, -0.2) is 0 Å². The molecule has 0 aliphatic carbocycles. The molecule has 0 saturated carbocycles. The van der Waals surface area contributed by atoms with E-state index in [1.807, 2.05) is 0 Å². The zero-order chi connectivity index (χ0) is 21.1. The zero-order valence-corrected chi connectivity index (χ0v) is 17.5. The number of fused-ring (bicyclic) bond motifs is 7. The third kappa shape index (κ3) is 2.50. The Morgan fingerprint density at radius 2 is 0.656 bits per heavy atom. The Balaban J connectivity index is 1.72. The van der Waals surface area contributed by atoms with Gasteiger partial charge in [0.2, 0.25) is 0 Å². The maximum atomic E-state index is 2.38. The van der Waals surface area contributed by atoms with E-state index in [2.05, 4.69) is 121 Å². The van der Waals surface area contributed by atoms with Gasteiger partial charge in [-0.05, 0) is 89.3 Å². The topological polar surface area (TPSA) is 0 Å². The predicted octanol–water partition coefficient (Wildman–Crippen LogP) is 9.12. The van der Waals surface area contributed by atoms with Crippen molar-refractivity contribution in [1.29, 1.82) is 0 Å². The fourth-order valence-electron chi connectivity index (χ4n) is 5.29. The van der Waals surface area contributed by atoms with Crippen molar-refractivity contribution in [3.05, 3.63) is 121 Å². The van der Waals surface area contributed by atoms with Crippen molar-refractivity contribution in [3.63, 3.8) is 0 Å². The average molecular weight is 405 g/mol. The van der Waals surface area contributed by atoms with Crippen LogP contribution in [0, 0.1) is 0 Å². The molecule has 0 spiro atoms. The van der Waals surface area contributed by atoms with Gasteiger partial charge in [0.1, 0.15) is 0 Å². The summed E-state index contributed by atoms with van der Waals surface area (Å²) >= 11 is 0. The molecule has 0 aliphatic heterocycles. The molecule has 0 bridgehead atoms. The molecule has 0 heterocycles. The second kappa shape index (κ2) is 6.67. The van der Waals surface area contributed by atoms with Crippen LogP contribution in [0.3, 0.4) is 0 Å². The summed E-state index contributed by atoms with van der Waals surface area (Å²) in [5.41, 5.74) is 2.59. The van der Waals surface area contributed by atoms with E-state index in [9.17, 15) is 0 Å². The van der Waals surface area contributed by atoms with Crippen LogP contribution in [0.15, 0.2) is 121 Å². The molecular weight excluding hydrogens is 384 g/mol. The maximum Gasteiger partial charge on any atom is -0.00923 e. The molecule has 0 aliphatic rings. The molecule has 0 aromatic heterocycles. The fourth-order valence-corrected chi connectivity index (χ4v) is 5.29. The zero-order valence-electron chi connectivity index (χ0n) is 17.5. The van der Waals surface area contributed by atoms with Crippen LogP contribution < -0.4 is 0 Å². The highest BCUT2D eigenvalue weighted by molar-refractivity contribution is 6.21. The summed E-state index contributed by atoms with van der Waals surface area (Å²) in [5.74, 6) is 0. The van der Waals surface area contributed by atoms with Gasteiger partial charge in [-0.25, -0.2) is 0 Å². The first-order chi connectivity index (χ1) is 15.9. The van der Waals surface area contributed by atoms with Crippen LogP contribution in [0.2, 0.25) is 0 Å². The first kappa shape index (κ1) is 17.5. The van der Waals surface area contributed by atoms with Crippen molar-refractivity contribution in [2.45, 2.75) is 0 Å². The Kier molecular flexibility index (Phi) is 3.65. The minimum Gasteiger partial charge on any atom is -0.0616 e. The summed E-state index contributed by atoms with van der Waals surface area (Å²) in [6.07, 6.45) is 0. The Hall–Kier alpha value is -4.16. The minimum atomic E-state index is 1.28. The number of benzene rings is 7. The lowest BCUT2D eigenvalue weighted by Crippen LogP contribution is -1.88. The SMILES string of the molecule is c1ccc2cc3c(cc2c1)c(-c1cc2ccccc2c2ccccc12)cc1ccccc13. The predicted molar refractivity (Wildman–Crippen MR) is 139 cm³/mol. The van der Waals surface area contributed by atoms with E-state index >= 15 is 0 Å². The van der Waals surface area contributed by atoms with Crippen LogP contribution in [0.5, 0.6) is 0 Å². The molecule has 0 unspecified atom stereocenters. The number of rotatable bonds is 1. The first-order valence-corrected chi connectivity index (χ1v) is 11.1. The lowest BCUT2D eigenvalue weighted by molar-refractivity contribution is 1.72. The monoisotopic (exact) mass is 404 g/mol. The van der Waals surface area contributed by atoms with E-state index in [0.717, 1.165) is 0 Å². The normalized spacial score (nSPS) is 11.8. The van der Waals surface area contributed by atoms with E-state index in [1.54, 1.807) is 0 Å². The second-order valence-electron chi connectivity index (χ2n) is 8.58. The molecule has 7 rings (SSSR count). The fraction of sp³-hybridized carbons (Fsp3) is 0. The van der Waals surface area contributed by atoms with Gasteiger partial charge in [-0.1, -0.05) is 97.1 Å². The lowest BCUT2D eigenvalue weighted by Gasteiger charge is -2.16. The summed E-state index contributed by atoms with van der Waals surface area (Å²) in [5, 5.41) is 13.0. The average Bonchev–Trinajstić information content (AvgIpc) is 2.87. The van der Waals surface area contributed by atoms with Crippen LogP contribution in [0.25, 0.3) is 65.0 Å². The molecular formula is C32H20. The van der Waals surface area contributed by atoms with Gasteiger partial charge in [-0.3, -0.25) is 0 Å². The lowest BCUT2D eigenvalue weighted by atomic mass is 9.88. The van der Waals surface area contributed by atoms with Crippen molar-refractivity contribution in [1.82, 2.24) is 0 Å². The summed E-state index contributed by atoms with van der Waals surface area (Å²) in [6.45, 7) is 0. The Bertz CT molecular complexity index is 1820. The van der Waals surface area contributed by atoms with Gasteiger partial charge in [-0.2, -0.15) is 0 Å². The highest BCUT2D eigenvalue weighted by Gasteiger charge is 2.14. The first-order valence-electron chi connectivity index (χ1n) is 11.1. The molecule has 0 atom stereocenters. The van der Waals surface area contributed by atoms with Crippen LogP contribution in [0.4, 0.5) is 0 Å². The van der Waals surface area contributed by atoms with E-state index in [1.165, 1.54) is 65.0 Å². The highest BCUT2D eigenvalue weighted by Crippen LogP contribution is 2.41. The third-order valence-electron chi connectivity index (χ3n) is 6.79. The second-order valence-corrected chi connectivity index (χ2v) is 8.58. The Labute approximate surface area is 186 Å². The third-order valence-corrected chi connectivity index (χ3v) is 6.79. The molecule has 32 heavy (non-hydrogen) atoms. The smallest absolute Gasteiger partial charge is 0.00923 e. The molecule has 7 aromatic rings. The van der Waals surface area contributed by atoms with Gasteiger partial charge in [0, 0.05) is 0 Å². The van der Waals surface area contributed by atoms with E-state index in [4.69, 9.17) is 0 Å². The summed E-state index contributed by atoms with van der Waals surface area (Å²) in [7, 11) is 0. The molecule has 0 amide bonds. The van der Waals surface area contributed by atoms with Gasteiger partial charge in [-0.15, -0.1) is 0 Å². The molecule has 0 fully saturated rings. The van der Waals surface area contributed by atoms with E-state index in [0.29, 0.717) is 0 Å². The van der Waals surface area contributed by atoms with Gasteiger partial charge >= 0.3 is 0 Å². The van der Waals surface area contributed by atoms with E-state index in [-0.39, 0.29) is 0 Å². The number of hydrogen-bond acceptors (Lipinski definition) is 0. The van der Waals surface area contributed by atoms with Gasteiger partial charge in [0.05, 0.1) is 0 Å². The van der Waals surface area contributed by atoms with Gasteiger partial charge < -0.3 is 0 Å². The molecule has 0 saturated heterocycles. The number of hydrogen-bond donors (Lipinski definition) is 0. The molecule has 7 aromatic carbocycles. The van der Waals surface area contributed by atoms with Crippen molar-refractivity contribution in [2.24, 2.45) is 0 Å². The Morgan fingerprint density at radius 1 is 0.250 bits per heavy atom. The minimum absolute atomic E-state index is 1.28. The van der Waals surface area contributed by atoms with Crippen LogP contribution >= 0.6 is 0 Å². The largest absolute Gasteiger partial charge is 0.0616 e. The summed E-state index contributed by atoms with van der Waals surface area (Å²) < 4.78 is 0. The van der Waals surface area contributed by atoms with Gasteiger partial charge in [0.15, 0.2) is 0 Å². The quantitative estimate of drug-likeness (QED) is 0.189. The summed E-state index contributed by atoms with van der Waals surface area (Å²) in [6, 6.07) is 44.4.